The summed E-state index contributed by atoms with van der Waals surface area (Å²) < 4.78 is 2.44. The molecule has 2 aromatic rings. The topological polar surface area (TPSA) is 12.0 Å². The summed E-state index contributed by atoms with van der Waals surface area (Å²) in [6.07, 6.45) is 0. The Morgan fingerprint density at radius 2 is 1.68 bits per heavy atom. The number of nitrogens with one attached hydrogen (secondary N) is 1. The molecule has 0 aliphatic rings. The number of hydrogen-bond donors (Lipinski definition) is 1. The molecular formula is C16H17BrIN. The molecule has 0 aliphatic carbocycles. The Balaban J connectivity index is 2.47. The van der Waals surface area contributed by atoms with Gasteiger partial charge < -0.3 is 5.32 Å². The molecule has 0 aliphatic heterocycles. The Labute approximate surface area is 137 Å². The molecule has 2 rings (SSSR count). The maximum atomic E-state index is 3.60. The van der Waals surface area contributed by atoms with E-state index >= 15 is 0 Å². The molecule has 1 atom stereocenters. The zero-order valence-corrected chi connectivity index (χ0v) is 15.0. The van der Waals surface area contributed by atoms with Gasteiger partial charge in [-0.05, 0) is 83.9 Å². The molecule has 0 saturated carbocycles. The molecule has 2 aromatic carbocycles. The molecule has 3 heteroatoms. The zero-order chi connectivity index (χ0) is 14.0. The van der Waals surface area contributed by atoms with Crippen LogP contribution in [0.2, 0.25) is 0 Å². The highest BCUT2D eigenvalue weighted by Crippen LogP contribution is 2.29. The van der Waals surface area contributed by atoms with Crippen LogP contribution in [0.5, 0.6) is 0 Å². The van der Waals surface area contributed by atoms with Crippen molar-refractivity contribution in [1.29, 1.82) is 0 Å². The van der Waals surface area contributed by atoms with Gasteiger partial charge in [0, 0.05) is 8.04 Å². The second kappa shape index (κ2) is 6.37. The van der Waals surface area contributed by atoms with Crippen LogP contribution < -0.4 is 5.32 Å². The minimum Gasteiger partial charge on any atom is -0.309 e. The van der Waals surface area contributed by atoms with Crippen LogP contribution in [0, 0.1) is 17.4 Å². The molecule has 0 fully saturated rings. The highest BCUT2D eigenvalue weighted by atomic mass is 127. The van der Waals surface area contributed by atoms with Gasteiger partial charge in [-0.25, -0.2) is 0 Å². The number of hydrogen-bond acceptors (Lipinski definition) is 1. The van der Waals surface area contributed by atoms with Crippen molar-refractivity contribution < 1.29 is 0 Å². The van der Waals surface area contributed by atoms with Gasteiger partial charge in [0.15, 0.2) is 0 Å². The third-order valence-corrected chi connectivity index (χ3v) is 4.92. The van der Waals surface area contributed by atoms with E-state index in [9.17, 15) is 0 Å². The van der Waals surface area contributed by atoms with Crippen LogP contribution >= 0.6 is 38.5 Å². The molecule has 19 heavy (non-hydrogen) atoms. The lowest BCUT2D eigenvalue weighted by molar-refractivity contribution is 0.686. The van der Waals surface area contributed by atoms with Crippen molar-refractivity contribution in [2.45, 2.75) is 19.9 Å². The average molecular weight is 430 g/mol. The summed E-state index contributed by atoms with van der Waals surface area (Å²) in [4.78, 5) is 0. The van der Waals surface area contributed by atoms with Crippen molar-refractivity contribution in [3.05, 3.63) is 66.7 Å². The smallest absolute Gasteiger partial charge is 0.0577 e. The average Bonchev–Trinajstić information content (AvgIpc) is 2.38. The summed E-state index contributed by atoms with van der Waals surface area (Å²) in [5, 5.41) is 3.42. The van der Waals surface area contributed by atoms with Gasteiger partial charge in [0.25, 0.3) is 0 Å². The SMILES string of the molecule is CNC(c1ccc(I)cc1)c1cc(C)c(Br)cc1C. The fourth-order valence-corrected chi connectivity index (χ4v) is 3.09. The minimum atomic E-state index is 0.240. The molecule has 0 amide bonds. The molecular weight excluding hydrogens is 413 g/mol. The number of rotatable bonds is 3. The summed E-state index contributed by atoms with van der Waals surface area (Å²) in [5.41, 5.74) is 5.21. The quantitative estimate of drug-likeness (QED) is 0.678. The highest BCUT2D eigenvalue weighted by molar-refractivity contribution is 14.1. The third kappa shape index (κ3) is 3.38. The highest BCUT2D eigenvalue weighted by Gasteiger charge is 2.15. The van der Waals surface area contributed by atoms with Crippen LogP contribution in [0.4, 0.5) is 0 Å². The summed E-state index contributed by atoms with van der Waals surface area (Å²) in [6.45, 7) is 4.30. The molecule has 0 bridgehead atoms. The van der Waals surface area contributed by atoms with Crippen molar-refractivity contribution in [2.75, 3.05) is 7.05 Å². The molecule has 1 nitrogen and oxygen atoms in total. The summed E-state index contributed by atoms with van der Waals surface area (Å²) in [5.74, 6) is 0. The lowest BCUT2D eigenvalue weighted by atomic mass is 9.94. The van der Waals surface area contributed by atoms with Crippen molar-refractivity contribution in [1.82, 2.24) is 5.32 Å². The van der Waals surface area contributed by atoms with Gasteiger partial charge >= 0.3 is 0 Å². The van der Waals surface area contributed by atoms with E-state index in [-0.39, 0.29) is 6.04 Å². The van der Waals surface area contributed by atoms with E-state index in [0.717, 1.165) is 0 Å². The minimum absolute atomic E-state index is 0.240. The Bertz CT molecular complexity index is 578. The Kier molecular flexibility index (Phi) is 5.03. The summed E-state index contributed by atoms with van der Waals surface area (Å²) >= 11 is 5.93. The van der Waals surface area contributed by atoms with E-state index in [2.05, 4.69) is 94.1 Å². The van der Waals surface area contributed by atoms with Crippen LogP contribution in [-0.4, -0.2) is 7.05 Å². The first-order valence-electron chi connectivity index (χ1n) is 6.22. The fourth-order valence-electron chi connectivity index (χ4n) is 2.27. The lowest BCUT2D eigenvalue weighted by Gasteiger charge is -2.20. The lowest BCUT2D eigenvalue weighted by Crippen LogP contribution is -2.19. The van der Waals surface area contributed by atoms with Crippen LogP contribution in [0.3, 0.4) is 0 Å². The molecule has 0 heterocycles. The standard InChI is InChI=1S/C16H17BrIN/c1-10-9-15(17)11(2)8-14(10)16(19-3)12-4-6-13(18)7-5-12/h4-9,16,19H,1-3H3. The van der Waals surface area contributed by atoms with E-state index in [4.69, 9.17) is 0 Å². The van der Waals surface area contributed by atoms with E-state index in [1.165, 1.54) is 30.3 Å². The predicted octanol–water partition coefficient (Wildman–Crippen LogP) is 4.98. The third-order valence-electron chi connectivity index (χ3n) is 3.35. The van der Waals surface area contributed by atoms with Gasteiger partial charge in [-0.1, -0.05) is 34.1 Å². The second-order valence-electron chi connectivity index (χ2n) is 4.73. The number of benzene rings is 2. The van der Waals surface area contributed by atoms with E-state index < -0.39 is 0 Å². The number of aryl methyl sites for hydroxylation is 2. The Morgan fingerprint density at radius 1 is 1.05 bits per heavy atom. The molecule has 0 radical (unpaired) electrons. The van der Waals surface area contributed by atoms with Crippen LogP contribution in [-0.2, 0) is 0 Å². The zero-order valence-electron chi connectivity index (χ0n) is 11.3. The van der Waals surface area contributed by atoms with Crippen LogP contribution in [0.15, 0.2) is 40.9 Å². The molecule has 0 spiro atoms. The summed E-state index contributed by atoms with van der Waals surface area (Å²) in [7, 11) is 2.01. The van der Waals surface area contributed by atoms with Crippen molar-refractivity contribution >= 4 is 38.5 Å². The van der Waals surface area contributed by atoms with Gasteiger partial charge in [-0.3, -0.25) is 0 Å². The van der Waals surface area contributed by atoms with Gasteiger partial charge in [-0.15, -0.1) is 0 Å². The van der Waals surface area contributed by atoms with Crippen molar-refractivity contribution in [3.8, 4) is 0 Å². The van der Waals surface area contributed by atoms with E-state index in [1.807, 2.05) is 7.05 Å². The first-order chi connectivity index (χ1) is 9.02. The molecule has 1 N–H and O–H groups in total. The van der Waals surface area contributed by atoms with Gasteiger partial charge in [-0.2, -0.15) is 0 Å². The second-order valence-corrected chi connectivity index (χ2v) is 6.83. The largest absolute Gasteiger partial charge is 0.309 e. The molecule has 100 valence electrons. The monoisotopic (exact) mass is 429 g/mol. The van der Waals surface area contributed by atoms with Gasteiger partial charge in [0.1, 0.15) is 0 Å². The van der Waals surface area contributed by atoms with Crippen molar-refractivity contribution in [3.63, 3.8) is 0 Å². The van der Waals surface area contributed by atoms with E-state index in [1.54, 1.807) is 0 Å². The van der Waals surface area contributed by atoms with Crippen molar-refractivity contribution in [2.24, 2.45) is 0 Å². The van der Waals surface area contributed by atoms with Gasteiger partial charge in [0.05, 0.1) is 6.04 Å². The first kappa shape index (κ1) is 15.0. The Hall–Kier alpha value is -0.390. The number of halogens is 2. The molecule has 0 aromatic heterocycles. The maximum Gasteiger partial charge on any atom is 0.0577 e. The fraction of sp³-hybridized carbons (Fsp3) is 0.250. The normalized spacial score (nSPS) is 12.5. The predicted molar refractivity (Wildman–Crippen MR) is 93.7 cm³/mol. The molecule has 1 unspecified atom stereocenters. The van der Waals surface area contributed by atoms with Gasteiger partial charge in [0.2, 0.25) is 0 Å². The first-order valence-corrected chi connectivity index (χ1v) is 8.09. The van der Waals surface area contributed by atoms with Crippen LogP contribution in [0.1, 0.15) is 28.3 Å². The maximum absolute atomic E-state index is 3.60. The Morgan fingerprint density at radius 3 is 2.26 bits per heavy atom. The molecule has 0 saturated heterocycles. The van der Waals surface area contributed by atoms with E-state index in [0.29, 0.717) is 0 Å². The van der Waals surface area contributed by atoms with Crippen LogP contribution in [0.25, 0.3) is 0 Å². The summed E-state index contributed by atoms with van der Waals surface area (Å²) in [6, 6.07) is 13.4.